The summed E-state index contributed by atoms with van der Waals surface area (Å²) in [6.07, 6.45) is 3.90. The van der Waals surface area contributed by atoms with Crippen molar-refractivity contribution in [1.82, 2.24) is 14.9 Å². The second-order valence-corrected chi connectivity index (χ2v) is 6.61. The van der Waals surface area contributed by atoms with Crippen molar-refractivity contribution in [3.63, 3.8) is 0 Å². The third kappa shape index (κ3) is 4.95. The summed E-state index contributed by atoms with van der Waals surface area (Å²) in [5.74, 6) is 0.499. The van der Waals surface area contributed by atoms with Crippen molar-refractivity contribution in [2.45, 2.75) is 25.4 Å². The molecule has 27 heavy (non-hydrogen) atoms. The number of rotatable bonds is 7. The second kappa shape index (κ2) is 8.81. The molecule has 8 heteroatoms. The van der Waals surface area contributed by atoms with Gasteiger partial charge in [-0.1, -0.05) is 11.6 Å². The molecular formula is C19H20ClN3O4. The van der Waals surface area contributed by atoms with Gasteiger partial charge in [0.15, 0.2) is 5.78 Å². The fourth-order valence-electron chi connectivity index (χ4n) is 2.90. The highest BCUT2D eigenvalue weighted by Gasteiger charge is 2.29. The number of halogens is 1. The molecule has 0 N–H and O–H groups in total. The molecule has 7 nitrogen and oxygen atoms in total. The molecule has 0 saturated carbocycles. The Kier molecular flexibility index (Phi) is 6.24. The summed E-state index contributed by atoms with van der Waals surface area (Å²) in [5.41, 5.74) is 0.560. The lowest BCUT2D eigenvalue weighted by Gasteiger charge is -2.17. The van der Waals surface area contributed by atoms with Gasteiger partial charge in [-0.15, -0.1) is 0 Å². The van der Waals surface area contributed by atoms with E-state index < -0.39 is 0 Å². The highest BCUT2D eigenvalue weighted by molar-refractivity contribution is 6.30. The van der Waals surface area contributed by atoms with E-state index in [-0.39, 0.29) is 30.6 Å². The maximum Gasteiger partial charge on any atom is 0.278 e. The molecule has 1 fully saturated rings. The third-order valence-corrected chi connectivity index (χ3v) is 4.59. The Bertz CT molecular complexity index is 813. The van der Waals surface area contributed by atoms with Crippen LogP contribution in [0.2, 0.25) is 5.02 Å². The van der Waals surface area contributed by atoms with E-state index in [9.17, 15) is 9.59 Å². The zero-order valence-electron chi connectivity index (χ0n) is 14.9. The van der Waals surface area contributed by atoms with Crippen molar-refractivity contribution < 1.29 is 19.1 Å². The summed E-state index contributed by atoms with van der Waals surface area (Å²) in [7, 11) is 1.50. The molecule has 1 aromatic carbocycles. The first kappa shape index (κ1) is 19.1. The second-order valence-electron chi connectivity index (χ2n) is 6.17. The van der Waals surface area contributed by atoms with Crippen LogP contribution in [0.4, 0.5) is 0 Å². The highest BCUT2D eigenvalue weighted by Crippen LogP contribution is 2.24. The van der Waals surface area contributed by atoms with E-state index in [1.165, 1.54) is 19.5 Å². The van der Waals surface area contributed by atoms with Crippen LogP contribution in [0.25, 0.3) is 0 Å². The number of Topliss-reactive ketones (excluding diaryl/α,β-unsaturated/α-hetero) is 1. The minimum atomic E-state index is -0.175. The zero-order valence-corrected chi connectivity index (χ0v) is 15.7. The number of hydrogen-bond donors (Lipinski definition) is 0. The number of carbonyl (C=O) groups is 2. The van der Waals surface area contributed by atoms with E-state index >= 15 is 0 Å². The Morgan fingerprint density at radius 3 is 2.56 bits per heavy atom. The van der Waals surface area contributed by atoms with Gasteiger partial charge in [0, 0.05) is 48.8 Å². The average Bonchev–Trinajstić information content (AvgIpc) is 3.15. The van der Waals surface area contributed by atoms with Crippen LogP contribution in [0.15, 0.2) is 36.7 Å². The minimum absolute atomic E-state index is 0.0606. The van der Waals surface area contributed by atoms with Crippen molar-refractivity contribution in [2.75, 3.05) is 20.2 Å². The van der Waals surface area contributed by atoms with Crippen LogP contribution in [-0.2, 0) is 4.79 Å². The topological polar surface area (TPSA) is 81.6 Å². The Morgan fingerprint density at radius 2 is 1.85 bits per heavy atom. The lowest BCUT2D eigenvalue weighted by atomic mass is 10.1. The van der Waals surface area contributed by atoms with E-state index in [1.54, 1.807) is 29.2 Å². The Labute approximate surface area is 162 Å². The number of carbonyl (C=O) groups excluding carboxylic acids is 2. The SMILES string of the molecule is COc1nccnc1OC1CCN(C(=O)CCC(=O)c2ccc(Cl)cc2)C1. The fraction of sp³-hybridized carbons (Fsp3) is 0.368. The molecule has 142 valence electrons. The number of amides is 1. The maximum absolute atomic E-state index is 12.4. The molecule has 1 saturated heterocycles. The van der Waals surface area contributed by atoms with Crippen LogP contribution in [0.5, 0.6) is 11.8 Å². The normalized spacial score (nSPS) is 16.2. The molecule has 0 bridgehead atoms. The van der Waals surface area contributed by atoms with Crippen molar-refractivity contribution in [2.24, 2.45) is 0 Å². The smallest absolute Gasteiger partial charge is 0.278 e. The fourth-order valence-corrected chi connectivity index (χ4v) is 3.03. The number of ketones is 1. The van der Waals surface area contributed by atoms with Gasteiger partial charge in [-0.2, -0.15) is 0 Å². The Hall–Kier alpha value is -2.67. The van der Waals surface area contributed by atoms with Crippen LogP contribution >= 0.6 is 11.6 Å². The Morgan fingerprint density at radius 1 is 1.15 bits per heavy atom. The summed E-state index contributed by atoms with van der Waals surface area (Å²) in [5, 5.41) is 0.575. The molecule has 1 amide bonds. The molecule has 1 unspecified atom stereocenters. The standard InChI is InChI=1S/C19H20ClN3O4/c1-26-18-19(22-10-9-21-18)27-15-8-11-23(12-15)17(25)7-6-16(24)13-2-4-14(20)5-3-13/h2-5,9-10,15H,6-8,11-12H2,1H3. The monoisotopic (exact) mass is 389 g/mol. The van der Waals surface area contributed by atoms with Crippen molar-refractivity contribution >= 4 is 23.3 Å². The summed E-state index contributed by atoms with van der Waals surface area (Å²) >= 11 is 5.82. The van der Waals surface area contributed by atoms with Crippen LogP contribution in [0.3, 0.4) is 0 Å². The lowest BCUT2D eigenvalue weighted by Crippen LogP contribution is -2.31. The van der Waals surface area contributed by atoms with E-state index in [2.05, 4.69) is 9.97 Å². The number of ether oxygens (including phenoxy) is 2. The average molecular weight is 390 g/mol. The quantitative estimate of drug-likeness (QED) is 0.677. The zero-order chi connectivity index (χ0) is 19.2. The molecule has 1 aliphatic heterocycles. The summed E-state index contributed by atoms with van der Waals surface area (Å²) < 4.78 is 10.9. The predicted molar refractivity (Wildman–Crippen MR) is 99.2 cm³/mol. The third-order valence-electron chi connectivity index (χ3n) is 4.33. The molecule has 2 heterocycles. The number of benzene rings is 1. The van der Waals surface area contributed by atoms with E-state index in [1.807, 2.05) is 0 Å². The van der Waals surface area contributed by atoms with Gasteiger partial charge in [0.2, 0.25) is 5.91 Å². The van der Waals surface area contributed by atoms with E-state index in [0.29, 0.717) is 41.9 Å². The lowest BCUT2D eigenvalue weighted by molar-refractivity contribution is -0.130. The number of methoxy groups -OCH3 is 1. The van der Waals surface area contributed by atoms with Crippen LogP contribution in [0, 0.1) is 0 Å². The molecule has 0 radical (unpaired) electrons. The minimum Gasteiger partial charge on any atom is -0.477 e. The van der Waals surface area contributed by atoms with Gasteiger partial charge < -0.3 is 14.4 Å². The van der Waals surface area contributed by atoms with Gasteiger partial charge in [-0.25, -0.2) is 9.97 Å². The number of nitrogens with zero attached hydrogens (tertiary/aromatic N) is 3. The van der Waals surface area contributed by atoms with Crippen LogP contribution < -0.4 is 9.47 Å². The molecule has 0 spiro atoms. The van der Waals surface area contributed by atoms with E-state index in [0.717, 1.165) is 0 Å². The number of hydrogen-bond acceptors (Lipinski definition) is 6. The summed E-state index contributed by atoms with van der Waals surface area (Å²) in [4.78, 5) is 34.5. The molecular weight excluding hydrogens is 370 g/mol. The van der Waals surface area contributed by atoms with Crippen molar-refractivity contribution in [3.8, 4) is 11.8 Å². The largest absolute Gasteiger partial charge is 0.477 e. The molecule has 1 aromatic heterocycles. The van der Waals surface area contributed by atoms with Crippen molar-refractivity contribution in [1.29, 1.82) is 0 Å². The summed E-state index contributed by atoms with van der Waals surface area (Å²) in [6.45, 7) is 1.04. The van der Waals surface area contributed by atoms with Gasteiger partial charge in [0.1, 0.15) is 6.10 Å². The number of likely N-dealkylation sites (tertiary alicyclic amines) is 1. The maximum atomic E-state index is 12.4. The van der Waals surface area contributed by atoms with Gasteiger partial charge in [0.05, 0.1) is 13.7 Å². The van der Waals surface area contributed by atoms with Gasteiger partial charge in [-0.3, -0.25) is 9.59 Å². The predicted octanol–water partition coefficient (Wildman–Crippen LogP) is 2.78. The molecule has 3 rings (SSSR count). The van der Waals surface area contributed by atoms with Gasteiger partial charge in [-0.05, 0) is 24.3 Å². The Balaban J connectivity index is 1.49. The first-order valence-corrected chi connectivity index (χ1v) is 9.03. The highest BCUT2D eigenvalue weighted by atomic mass is 35.5. The summed E-state index contributed by atoms with van der Waals surface area (Å²) in [6, 6.07) is 6.67. The van der Waals surface area contributed by atoms with E-state index in [4.69, 9.17) is 21.1 Å². The first-order valence-electron chi connectivity index (χ1n) is 8.65. The van der Waals surface area contributed by atoms with Crippen LogP contribution in [-0.4, -0.2) is 52.9 Å². The van der Waals surface area contributed by atoms with Gasteiger partial charge >= 0.3 is 0 Å². The van der Waals surface area contributed by atoms with Gasteiger partial charge in [0.25, 0.3) is 11.8 Å². The molecule has 2 aromatic rings. The van der Waals surface area contributed by atoms with Crippen LogP contribution in [0.1, 0.15) is 29.6 Å². The molecule has 0 aliphatic carbocycles. The number of aromatic nitrogens is 2. The van der Waals surface area contributed by atoms with Crippen molar-refractivity contribution in [3.05, 3.63) is 47.2 Å². The molecule has 1 atom stereocenters. The molecule has 1 aliphatic rings. The first-order chi connectivity index (χ1) is 13.1.